The summed E-state index contributed by atoms with van der Waals surface area (Å²) in [6, 6.07) is 5.32. The number of non-ortho nitro benzene ring substituents is 1. The summed E-state index contributed by atoms with van der Waals surface area (Å²) in [5.41, 5.74) is 0.264. The van der Waals surface area contributed by atoms with E-state index in [1.165, 1.54) is 24.3 Å². The van der Waals surface area contributed by atoms with Crippen molar-refractivity contribution in [1.29, 1.82) is 0 Å². The minimum atomic E-state index is -3.45. The average molecular weight is 314 g/mol. The van der Waals surface area contributed by atoms with Crippen molar-refractivity contribution < 1.29 is 13.3 Å². The van der Waals surface area contributed by atoms with Crippen molar-refractivity contribution in [2.24, 2.45) is 0 Å². The molecule has 0 amide bonds. The van der Waals surface area contributed by atoms with Crippen LogP contribution in [-0.2, 0) is 10.0 Å². The van der Waals surface area contributed by atoms with Crippen LogP contribution in [0.3, 0.4) is 0 Å². The van der Waals surface area contributed by atoms with E-state index in [2.05, 4.69) is 14.9 Å². The van der Waals surface area contributed by atoms with Crippen LogP contribution in [0.5, 0.6) is 0 Å². The van der Waals surface area contributed by atoms with Gasteiger partial charge in [0.25, 0.3) is 5.69 Å². The molecule has 2 N–H and O–H groups in total. The first-order chi connectivity index (χ1) is 9.96. The molecule has 0 bridgehead atoms. The summed E-state index contributed by atoms with van der Waals surface area (Å²) in [7, 11) is -3.45. The molecule has 0 unspecified atom stereocenters. The monoisotopic (exact) mass is 314 g/mol. The Bertz CT molecular complexity index is 582. The molecule has 21 heavy (non-hydrogen) atoms. The van der Waals surface area contributed by atoms with Gasteiger partial charge in [-0.15, -0.1) is 0 Å². The molecular weight excluding hydrogens is 296 g/mol. The Kier molecular flexibility index (Phi) is 5.10. The van der Waals surface area contributed by atoms with Gasteiger partial charge in [-0.2, -0.15) is 0 Å². The van der Waals surface area contributed by atoms with E-state index in [9.17, 15) is 18.5 Å². The topological polar surface area (TPSA) is 105 Å². The van der Waals surface area contributed by atoms with E-state index >= 15 is 0 Å². The maximum atomic E-state index is 12.0. The summed E-state index contributed by atoms with van der Waals surface area (Å²) in [6.45, 7) is 3.90. The molecule has 1 aromatic carbocycles. The molecule has 9 heteroatoms. The quantitative estimate of drug-likeness (QED) is 0.576. The number of anilines is 1. The first kappa shape index (κ1) is 15.7. The minimum Gasteiger partial charge on any atom is -0.314 e. The smallest absolute Gasteiger partial charge is 0.269 e. The highest BCUT2D eigenvalue weighted by Crippen LogP contribution is 2.16. The van der Waals surface area contributed by atoms with Crippen LogP contribution in [0.15, 0.2) is 24.3 Å². The fourth-order valence-corrected chi connectivity index (χ4v) is 3.16. The predicted octanol–water partition coefficient (Wildman–Crippen LogP) is 0.242. The molecule has 116 valence electrons. The highest BCUT2D eigenvalue weighted by atomic mass is 32.2. The normalized spacial score (nSPS) is 16.6. The Morgan fingerprint density at radius 3 is 2.43 bits per heavy atom. The lowest BCUT2D eigenvalue weighted by Crippen LogP contribution is -2.45. The fraction of sp³-hybridized carbons (Fsp3) is 0.500. The van der Waals surface area contributed by atoms with Crippen LogP contribution < -0.4 is 10.0 Å². The van der Waals surface area contributed by atoms with Gasteiger partial charge in [0.1, 0.15) is 0 Å². The molecule has 1 fully saturated rings. The van der Waals surface area contributed by atoms with Gasteiger partial charge in [-0.1, -0.05) is 0 Å². The van der Waals surface area contributed by atoms with Crippen LogP contribution in [0.1, 0.15) is 0 Å². The van der Waals surface area contributed by atoms with Crippen molar-refractivity contribution in [3.05, 3.63) is 34.4 Å². The van der Waals surface area contributed by atoms with Gasteiger partial charge in [-0.05, 0) is 12.1 Å². The van der Waals surface area contributed by atoms with E-state index in [1.807, 2.05) is 0 Å². The Morgan fingerprint density at radius 2 is 1.86 bits per heavy atom. The van der Waals surface area contributed by atoms with E-state index in [1.54, 1.807) is 0 Å². The lowest BCUT2D eigenvalue weighted by Gasteiger charge is -2.26. The summed E-state index contributed by atoms with van der Waals surface area (Å²) >= 11 is 0. The second-order valence-corrected chi connectivity index (χ2v) is 6.66. The van der Waals surface area contributed by atoms with Crippen molar-refractivity contribution >= 4 is 21.4 Å². The van der Waals surface area contributed by atoms with Gasteiger partial charge in [-0.3, -0.25) is 19.7 Å². The van der Waals surface area contributed by atoms with E-state index in [0.717, 1.165) is 26.2 Å². The lowest BCUT2D eigenvalue weighted by atomic mass is 10.3. The van der Waals surface area contributed by atoms with Crippen molar-refractivity contribution in [1.82, 2.24) is 10.2 Å². The van der Waals surface area contributed by atoms with Gasteiger partial charge < -0.3 is 5.32 Å². The maximum Gasteiger partial charge on any atom is 0.269 e. The van der Waals surface area contributed by atoms with Crippen LogP contribution in [0, 0.1) is 10.1 Å². The van der Waals surface area contributed by atoms with Crippen molar-refractivity contribution in [3.63, 3.8) is 0 Å². The van der Waals surface area contributed by atoms with Gasteiger partial charge in [0.15, 0.2) is 0 Å². The van der Waals surface area contributed by atoms with Crippen LogP contribution in [0.25, 0.3) is 0 Å². The van der Waals surface area contributed by atoms with Gasteiger partial charge in [0, 0.05) is 50.5 Å². The highest BCUT2D eigenvalue weighted by Gasteiger charge is 2.16. The Labute approximate surface area is 123 Å². The molecule has 0 saturated carbocycles. The number of nitro benzene ring substituents is 1. The highest BCUT2D eigenvalue weighted by molar-refractivity contribution is 7.92. The molecule has 0 aromatic heterocycles. The first-order valence-corrected chi connectivity index (χ1v) is 8.29. The van der Waals surface area contributed by atoms with Gasteiger partial charge in [0.2, 0.25) is 10.0 Å². The molecule has 0 radical (unpaired) electrons. The lowest BCUT2D eigenvalue weighted by molar-refractivity contribution is -0.384. The van der Waals surface area contributed by atoms with E-state index < -0.39 is 14.9 Å². The third kappa shape index (κ3) is 4.96. The standard InChI is InChI=1S/C12H18N4O4S/c17-16(18)12-3-1-11(2-4-12)14-21(19,20)10-9-15-7-5-13-6-8-15/h1-4,13-14H,5-10H2. The zero-order valence-corrected chi connectivity index (χ0v) is 12.3. The first-order valence-electron chi connectivity index (χ1n) is 6.64. The Morgan fingerprint density at radius 1 is 1.24 bits per heavy atom. The number of piperazine rings is 1. The van der Waals surface area contributed by atoms with Crippen molar-refractivity contribution in [2.75, 3.05) is 43.2 Å². The summed E-state index contributed by atoms with van der Waals surface area (Å²) in [5, 5.41) is 13.7. The van der Waals surface area contributed by atoms with Gasteiger partial charge in [-0.25, -0.2) is 8.42 Å². The molecule has 1 aromatic rings. The zero-order valence-electron chi connectivity index (χ0n) is 11.5. The third-order valence-electron chi connectivity index (χ3n) is 3.24. The molecule has 1 heterocycles. The SMILES string of the molecule is O=[N+]([O-])c1ccc(NS(=O)(=O)CCN2CCNCC2)cc1. The minimum absolute atomic E-state index is 0.00396. The molecule has 1 aliphatic heterocycles. The second-order valence-electron chi connectivity index (χ2n) is 4.82. The number of rotatable bonds is 6. The largest absolute Gasteiger partial charge is 0.314 e. The zero-order chi connectivity index (χ0) is 15.3. The number of hydrogen-bond donors (Lipinski definition) is 2. The number of benzene rings is 1. The summed E-state index contributed by atoms with van der Waals surface area (Å²) < 4.78 is 26.4. The third-order valence-corrected chi connectivity index (χ3v) is 4.50. The Hall–Kier alpha value is -1.71. The number of hydrogen-bond acceptors (Lipinski definition) is 6. The number of nitro groups is 1. The van der Waals surface area contributed by atoms with Crippen LogP contribution >= 0.6 is 0 Å². The average Bonchev–Trinajstić information content (AvgIpc) is 2.46. The van der Waals surface area contributed by atoms with Crippen LogP contribution in [0.2, 0.25) is 0 Å². The van der Waals surface area contributed by atoms with Gasteiger partial charge in [0.05, 0.1) is 10.7 Å². The maximum absolute atomic E-state index is 12.0. The molecule has 0 spiro atoms. The summed E-state index contributed by atoms with van der Waals surface area (Å²) in [6.07, 6.45) is 0. The van der Waals surface area contributed by atoms with E-state index in [-0.39, 0.29) is 11.4 Å². The molecule has 0 aliphatic carbocycles. The van der Waals surface area contributed by atoms with Crippen LogP contribution in [0.4, 0.5) is 11.4 Å². The number of sulfonamides is 1. The molecule has 2 rings (SSSR count). The van der Waals surface area contributed by atoms with E-state index in [4.69, 9.17) is 0 Å². The second kappa shape index (κ2) is 6.83. The predicted molar refractivity (Wildman–Crippen MR) is 79.8 cm³/mol. The fourth-order valence-electron chi connectivity index (χ4n) is 2.07. The summed E-state index contributed by atoms with van der Waals surface area (Å²) in [4.78, 5) is 12.1. The van der Waals surface area contributed by atoms with Crippen molar-refractivity contribution in [2.45, 2.75) is 0 Å². The molecular formula is C12H18N4O4S. The van der Waals surface area contributed by atoms with Crippen molar-refractivity contribution in [3.8, 4) is 0 Å². The van der Waals surface area contributed by atoms with E-state index in [0.29, 0.717) is 12.2 Å². The Balaban J connectivity index is 1.89. The number of nitrogens with zero attached hydrogens (tertiary/aromatic N) is 2. The molecule has 1 aliphatic rings. The molecule has 0 atom stereocenters. The van der Waals surface area contributed by atoms with Crippen LogP contribution in [-0.4, -0.2) is 56.7 Å². The number of nitrogens with one attached hydrogen (secondary N) is 2. The summed E-state index contributed by atoms with van der Waals surface area (Å²) in [5.74, 6) is 0.00396. The molecule has 8 nitrogen and oxygen atoms in total. The van der Waals surface area contributed by atoms with Gasteiger partial charge >= 0.3 is 0 Å². The molecule has 1 saturated heterocycles.